The molecule has 0 unspecified atom stereocenters. The van der Waals surface area contributed by atoms with Gasteiger partial charge in [0, 0.05) is 10.1 Å². The quantitative estimate of drug-likeness (QED) is 0.707. The fraction of sp³-hybridized carbons (Fsp3) is 0.158. The Morgan fingerprint density at radius 2 is 1.75 bits per heavy atom. The molecule has 1 N–H and O–H groups in total. The van der Waals surface area contributed by atoms with E-state index in [1.54, 1.807) is 6.92 Å². The van der Waals surface area contributed by atoms with Gasteiger partial charge in [-0.1, -0.05) is 48.5 Å². The summed E-state index contributed by atoms with van der Waals surface area (Å²) in [5.41, 5.74) is 1.35. The molecule has 3 aromatic rings. The molecule has 0 fully saturated rings. The second-order valence-corrected chi connectivity index (χ2v) is 6.29. The molecule has 0 saturated carbocycles. The number of rotatable bonds is 5. The number of amides is 1. The van der Waals surface area contributed by atoms with Gasteiger partial charge < -0.3 is 10.1 Å². The molecular weight excluding hydrogens is 322 g/mol. The van der Waals surface area contributed by atoms with Crippen LogP contribution >= 0.6 is 11.3 Å². The largest absolute Gasteiger partial charge is 0.462 e. The van der Waals surface area contributed by atoms with Gasteiger partial charge >= 0.3 is 5.97 Å². The molecule has 1 aromatic heterocycles. The zero-order valence-corrected chi connectivity index (χ0v) is 14.1. The minimum Gasteiger partial charge on any atom is -0.462 e. The molecule has 0 radical (unpaired) electrons. The molecule has 1 heterocycles. The number of benzene rings is 2. The molecule has 3 rings (SSSR count). The predicted octanol–water partition coefficient (Wildman–Crippen LogP) is 4.26. The van der Waals surface area contributed by atoms with Gasteiger partial charge in [0.25, 0.3) is 0 Å². The molecule has 24 heavy (non-hydrogen) atoms. The molecule has 122 valence electrons. The normalized spacial score (nSPS) is 10.5. The van der Waals surface area contributed by atoms with Crippen LogP contribution in [0.15, 0.2) is 54.6 Å². The van der Waals surface area contributed by atoms with Crippen molar-refractivity contribution >= 4 is 38.3 Å². The van der Waals surface area contributed by atoms with E-state index in [4.69, 9.17) is 4.74 Å². The van der Waals surface area contributed by atoms with Gasteiger partial charge in [0.1, 0.15) is 10.6 Å². The van der Waals surface area contributed by atoms with Gasteiger partial charge in [0.15, 0.2) is 0 Å². The molecule has 0 bridgehead atoms. The fourth-order valence-corrected chi connectivity index (χ4v) is 3.60. The van der Waals surface area contributed by atoms with Crippen LogP contribution in [0.5, 0.6) is 0 Å². The Hall–Kier alpha value is -2.66. The number of fused-ring (bicyclic) bond motifs is 1. The van der Waals surface area contributed by atoms with Gasteiger partial charge in [-0.2, -0.15) is 0 Å². The minimum atomic E-state index is -0.412. The smallest absolute Gasteiger partial charge is 0.341 e. The number of esters is 1. The summed E-state index contributed by atoms with van der Waals surface area (Å²) in [4.78, 5) is 24.6. The topological polar surface area (TPSA) is 55.4 Å². The Bertz CT molecular complexity index is 871. The Morgan fingerprint density at radius 3 is 2.50 bits per heavy atom. The summed E-state index contributed by atoms with van der Waals surface area (Å²) in [5, 5.41) is 4.21. The zero-order valence-electron chi connectivity index (χ0n) is 13.2. The summed E-state index contributed by atoms with van der Waals surface area (Å²) >= 11 is 1.38. The van der Waals surface area contributed by atoms with Gasteiger partial charge in [0.05, 0.1) is 13.0 Å². The van der Waals surface area contributed by atoms with Crippen molar-refractivity contribution in [2.75, 3.05) is 11.9 Å². The van der Waals surface area contributed by atoms with Crippen LogP contribution in [0.4, 0.5) is 5.00 Å². The molecule has 4 nitrogen and oxygen atoms in total. The van der Waals surface area contributed by atoms with Crippen LogP contribution in [0, 0.1) is 0 Å². The van der Waals surface area contributed by atoms with Crippen LogP contribution < -0.4 is 5.32 Å². The van der Waals surface area contributed by atoms with Crippen molar-refractivity contribution in [1.82, 2.24) is 0 Å². The number of carbonyl (C=O) groups excluding carboxylic acids is 2. The summed E-state index contributed by atoms with van der Waals surface area (Å²) in [7, 11) is 0. The summed E-state index contributed by atoms with van der Waals surface area (Å²) in [6.07, 6.45) is 0.261. The van der Waals surface area contributed by atoms with Crippen LogP contribution in [0.25, 0.3) is 10.1 Å². The second-order valence-electron chi connectivity index (χ2n) is 5.23. The first-order chi connectivity index (χ1) is 11.7. The standard InChI is InChI=1S/C19H17NO3S/c1-2-23-19(22)17-14-10-6-7-11-15(14)24-18(17)20-16(21)12-13-8-4-3-5-9-13/h3-11H,2,12H2,1H3,(H,20,21). The molecule has 1 amide bonds. The van der Waals surface area contributed by atoms with E-state index in [9.17, 15) is 9.59 Å². The van der Waals surface area contributed by atoms with Crippen LogP contribution in [0.2, 0.25) is 0 Å². The van der Waals surface area contributed by atoms with Gasteiger partial charge in [0.2, 0.25) is 5.91 Å². The molecule has 0 aliphatic rings. The lowest BCUT2D eigenvalue weighted by molar-refractivity contribution is -0.115. The van der Waals surface area contributed by atoms with Crippen LogP contribution in [-0.2, 0) is 16.0 Å². The van der Waals surface area contributed by atoms with Crippen molar-refractivity contribution in [2.45, 2.75) is 13.3 Å². The van der Waals surface area contributed by atoms with Crippen LogP contribution in [0.1, 0.15) is 22.8 Å². The number of carbonyl (C=O) groups is 2. The molecule has 0 atom stereocenters. The second kappa shape index (κ2) is 7.27. The lowest BCUT2D eigenvalue weighted by Gasteiger charge is -2.07. The third-order valence-corrected chi connectivity index (χ3v) is 4.62. The zero-order chi connectivity index (χ0) is 16.9. The van der Waals surface area contributed by atoms with Crippen molar-refractivity contribution in [3.8, 4) is 0 Å². The fourth-order valence-electron chi connectivity index (χ4n) is 2.49. The Morgan fingerprint density at radius 1 is 1.04 bits per heavy atom. The Kier molecular flexibility index (Phi) is 4.91. The molecule has 0 spiro atoms. The molecule has 0 saturated heterocycles. The highest BCUT2D eigenvalue weighted by molar-refractivity contribution is 7.23. The van der Waals surface area contributed by atoms with E-state index >= 15 is 0 Å². The maximum absolute atomic E-state index is 12.3. The average Bonchev–Trinajstić information content (AvgIpc) is 2.93. The van der Waals surface area contributed by atoms with Crippen molar-refractivity contribution in [2.24, 2.45) is 0 Å². The molecular formula is C19H17NO3S. The number of nitrogens with one attached hydrogen (secondary N) is 1. The maximum atomic E-state index is 12.3. The van der Waals surface area contributed by atoms with Gasteiger partial charge in [-0.15, -0.1) is 11.3 Å². The maximum Gasteiger partial charge on any atom is 0.341 e. The summed E-state index contributed by atoms with van der Waals surface area (Å²) in [5.74, 6) is -0.566. The first-order valence-corrected chi connectivity index (χ1v) is 8.53. The number of hydrogen-bond donors (Lipinski definition) is 1. The van der Waals surface area contributed by atoms with Crippen molar-refractivity contribution in [3.05, 3.63) is 65.7 Å². The van der Waals surface area contributed by atoms with E-state index in [2.05, 4.69) is 5.32 Å². The van der Waals surface area contributed by atoms with Crippen molar-refractivity contribution in [1.29, 1.82) is 0 Å². The van der Waals surface area contributed by atoms with E-state index in [-0.39, 0.29) is 12.3 Å². The van der Waals surface area contributed by atoms with E-state index in [1.165, 1.54) is 11.3 Å². The SMILES string of the molecule is CCOC(=O)c1c(NC(=O)Cc2ccccc2)sc2ccccc12. The summed E-state index contributed by atoms with van der Waals surface area (Å²) in [6, 6.07) is 17.1. The van der Waals surface area contributed by atoms with Crippen LogP contribution in [0.3, 0.4) is 0 Å². The summed E-state index contributed by atoms with van der Waals surface area (Å²) < 4.78 is 6.09. The predicted molar refractivity (Wildman–Crippen MR) is 96.6 cm³/mol. The van der Waals surface area contributed by atoms with Gasteiger partial charge in [-0.25, -0.2) is 4.79 Å². The highest BCUT2D eigenvalue weighted by atomic mass is 32.1. The molecule has 2 aromatic carbocycles. The highest BCUT2D eigenvalue weighted by Crippen LogP contribution is 2.36. The lowest BCUT2D eigenvalue weighted by Crippen LogP contribution is -2.16. The third-order valence-electron chi connectivity index (χ3n) is 3.54. The monoisotopic (exact) mass is 339 g/mol. The number of anilines is 1. The Balaban J connectivity index is 1.89. The molecule has 0 aliphatic carbocycles. The van der Waals surface area contributed by atoms with Crippen molar-refractivity contribution < 1.29 is 14.3 Å². The first kappa shape index (κ1) is 16.2. The van der Waals surface area contributed by atoms with E-state index in [0.717, 1.165) is 15.6 Å². The van der Waals surface area contributed by atoms with E-state index in [1.807, 2.05) is 54.6 Å². The Labute approximate surface area is 144 Å². The lowest BCUT2D eigenvalue weighted by atomic mass is 10.1. The summed E-state index contributed by atoms with van der Waals surface area (Å²) in [6.45, 7) is 2.06. The van der Waals surface area contributed by atoms with Crippen molar-refractivity contribution in [3.63, 3.8) is 0 Å². The average molecular weight is 339 g/mol. The first-order valence-electron chi connectivity index (χ1n) is 7.71. The molecule has 5 heteroatoms. The van der Waals surface area contributed by atoms with E-state index < -0.39 is 5.97 Å². The number of thiophene rings is 1. The van der Waals surface area contributed by atoms with Crippen LogP contribution in [-0.4, -0.2) is 18.5 Å². The van der Waals surface area contributed by atoms with Gasteiger partial charge in [-0.3, -0.25) is 4.79 Å². The number of ether oxygens (including phenoxy) is 1. The molecule has 0 aliphatic heterocycles. The van der Waals surface area contributed by atoms with Gasteiger partial charge in [-0.05, 0) is 18.6 Å². The third kappa shape index (κ3) is 3.46. The van der Waals surface area contributed by atoms with E-state index in [0.29, 0.717) is 17.2 Å². The highest BCUT2D eigenvalue weighted by Gasteiger charge is 2.21. The number of hydrogen-bond acceptors (Lipinski definition) is 4. The minimum absolute atomic E-state index is 0.154.